The zero-order valence-corrected chi connectivity index (χ0v) is 12.0. The average molecular weight is 284 g/mol. The van der Waals surface area contributed by atoms with Gasteiger partial charge in [0, 0.05) is 50.7 Å². The number of nitrogens with zero attached hydrogens (tertiary/aromatic N) is 4. The second-order valence-corrected chi connectivity index (χ2v) is 5.19. The summed E-state index contributed by atoms with van der Waals surface area (Å²) in [6.45, 7) is 4.69. The predicted molar refractivity (Wildman–Crippen MR) is 83.2 cm³/mol. The predicted octanol–water partition coefficient (Wildman–Crippen LogP) is 1.26. The molecule has 3 rings (SSSR count). The van der Waals surface area contributed by atoms with Crippen LogP contribution in [0.5, 0.6) is 0 Å². The van der Waals surface area contributed by atoms with Crippen molar-refractivity contribution in [2.24, 2.45) is 0 Å². The molecule has 0 bridgehead atoms. The Morgan fingerprint density at radius 3 is 2.19 bits per heavy atom. The molecule has 2 aromatic rings. The van der Waals surface area contributed by atoms with Crippen molar-refractivity contribution in [3.05, 3.63) is 42.7 Å². The molecule has 0 saturated carbocycles. The van der Waals surface area contributed by atoms with E-state index >= 15 is 0 Å². The van der Waals surface area contributed by atoms with Gasteiger partial charge in [0.1, 0.15) is 0 Å². The number of β-amino-alcohol motifs (C(OH)–C–C–N with tert-alkyl or cyclic N) is 1. The lowest BCUT2D eigenvalue weighted by Gasteiger charge is -2.34. The molecule has 1 aromatic heterocycles. The topological polar surface area (TPSA) is 52.5 Å². The summed E-state index contributed by atoms with van der Waals surface area (Å²) in [5, 5.41) is 8.96. The fourth-order valence-electron chi connectivity index (χ4n) is 2.58. The molecule has 1 N–H and O–H groups in total. The van der Waals surface area contributed by atoms with Crippen molar-refractivity contribution < 1.29 is 5.11 Å². The first-order valence-corrected chi connectivity index (χ1v) is 7.32. The van der Waals surface area contributed by atoms with Gasteiger partial charge in [0.05, 0.1) is 6.61 Å². The first-order chi connectivity index (χ1) is 10.4. The summed E-state index contributed by atoms with van der Waals surface area (Å²) in [5.41, 5.74) is 2.18. The van der Waals surface area contributed by atoms with Crippen molar-refractivity contribution in [1.82, 2.24) is 14.9 Å². The van der Waals surface area contributed by atoms with E-state index in [9.17, 15) is 0 Å². The number of aliphatic hydroxyl groups is 1. The quantitative estimate of drug-likeness (QED) is 0.916. The molecule has 110 valence electrons. The van der Waals surface area contributed by atoms with Crippen LogP contribution in [-0.4, -0.2) is 59.3 Å². The van der Waals surface area contributed by atoms with E-state index in [1.165, 1.54) is 0 Å². The lowest BCUT2D eigenvalue weighted by molar-refractivity contribution is 0.188. The van der Waals surface area contributed by atoms with Crippen molar-refractivity contribution in [2.45, 2.75) is 0 Å². The molecule has 1 aliphatic heterocycles. The second-order valence-electron chi connectivity index (χ2n) is 5.19. The zero-order valence-electron chi connectivity index (χ0n) is 12.0. The van der Waals surface area contributed by atoms with Crippen molar-refractivity contribution in [3.8, 4) is 11.1 Å². The molecule has 0 unspecified atom stereocenters. The summed E-state index contributed by atoms with van der Waals surface area (Å²) in [7, 11) is 0. The minimum atomic E-state index is 0.224. The highest BCUT2D eigenvalue weighted by Crippen LogP contribution is 2.18. The van der Waals surface area contributed by atoms with E-state index in [1.807, 2.05) is 30.6 Å². The zero-order chi connectivity index (χ0) is 14.5. The Balaban J connectivity index is 1.65. The number of hydrogen-bond donors (Lipinski definition) is 1. The number of rotatable bonds is 4. The van der Waals surface area contributed by atoms with E-state index < -0.39 is 0 Å². The van der Waals surface area contributed by atoms with Gasteiger partial charge in [-0.3, -0.25) is 4.90 Å². The van der Waals surface area contributed by atoms with E-state index in [0.29, 0.717) is 0 Å². The maximum absolute atomic E-state index is 8.96. The highest BCUT2D eigenvalue weighted by Gasteiger charge is 2.18. The van der Waals surface area contributed by atoms with Crippen LogP contribution in [-0.2, 0) is 0 Å². The molecule has 0 amide bonds. The second kappa shape index (κ2) is 6.65. The highest BCUT2D eigenvalue weighted by molar-refractivity contribution is 5.61. The summed E-state index contributed by atoms with van der Waals surface area (Å²) in [4.78, 5) is 13.4. The van der Waals surface area contributed by atoms with Crippen LogP contribution in [0, 0.1) is 0 Å². The molecule has 1 aromatic carbocycles. The first-order valence-electron chi connectivity index (χ1n) is 7.32. The molecule has 21 heavy (non-hydrogen) atoms. The van der Waals surface area contributed by atoms with Crippen molar-refractivity contribution in [2.75, 3.05) is 44.2 Å². The molecule has 5 heteroatoms. The highest BCUT2D eigenvalue weighted by atomic mass is 16.3. The van der Waals surface area contributed by atoms with Gasteiger partial charge in [-0.25, -0.2) is 9.97 Å². The van der Waals surface area contributed by atoms with Crippen LogP contribution in [0.25, 0.3) is 11.1 Å². The fraction of sp³-hybridized carbons (Fsp3) is 0.375. The van der Waals surface area contributed by atoms with Gasteiger partial charge in [0.2, 0.25) is 5.95 Å². The summed E-state index contributed by atoms with van der Waals surface area (Å²) in [6.07, 6.45) is 3.77. The molecule has 1 fully saturated rings. The number of benzene rings is 1. The fourth-order valence-corrected chi connectivity index (χ4v) is 2.58. The molecule has 5 nitrogen and oxygen atoms in total. The average Bonchev–Trinajstić information content (AvgIpc) is 2.57. The molecule has 1 saturated heterocycles. The van der Waals surface area contributed by atoms with Crippen LogP contribution in [0.3, 0.4) is 0 Å². The molecular weight excluding hydrogens is 264 g/mol. The van der Waals surface area contributed by atoms with E-state index in [2.05, 4.69) is 31.9 Å². The van der Waals surface area contributed by atoms with E-state index in [1.54, 1.807) is 0 Å². The van der Waals surface area contributed by atoms with Crippen molar-refractivity contribution >= 4 is 5.95 Å². The third-order valence-corrected chi connectivity index (χ3v) is 3.82. The minimum absolute atomic E-state index is 0.224. The maximum atomic E-state index is 8.96. The van der Waals surface area contributed by atoms with Crippen molar-refractivity contribution in [3.63, 3.8) is 0 Å². The largest absolute Gasteiger partial charge is 0.395 e. The third-order valence-electron chi connectivity index (χ3n) is 3.82. The Morgan fingerprint density at radius 1 is 0.905 bits per heavy atom. The Bertz CT molecular complexity index is 550. The van der Waals surface area contributed by atoms with E-state index in [0.717, 1.165) is 49.8 Å². The molecule has 0 spiro atoms. The lowest BCUT2D eigenvalue weighted by atomic mass is 10.1. The van der Waals surface area contributed by atoms with Gasteiger partial charge in [-0.2, -0.15) is 0 Å². The van der Waals surface area contributed by atoms with E-state index in [4.69, 9.17) is 5.11 Å². The normalized spacial score (nSPS) is 16.1. The van der Waals surface area contributed by atoms with Gasteiger partial charge in [0.25, 0.3) is 0 Å². The number of hydrogen-bond acceptors (Lipinski definition) is 5. The molecule has 0 radical (unpaired) electrons. The third kappa shape index (κ3) is 3.37. The van der Waals surface area contributed by atoms with Crippen LogP contribution in [0.2, 0.25) is 0 Å². The van der Waals surface area contributed by atoms with Crippen LogP contribution in [0.1, 0.15) is 0 Å². The lowest BCUT2D eigenvalue weighted by Crippen LogP contribution is -2.47. The monoisotopic (exact) mass is 284 g/mol. The Kier molecular flexibility index (Phi) is 4.43. The standard InChI is InChI=1S/C16H20N4O/c21-11-10-19-6-8-20(9-7-19)16-17-12-15(13-18-16)14-4-2-1-3-5-14/h1-5,12-13,21H,6-11H2. The molecule has 2 heterocycles. The summed E-state index contributed by atoms with van der Waals surface area (Å²) >= 11 is 0. The number of anilines is 1. The Labute approximate surface area is 124 Å². The maximum Gasteiger partial charge on any atom is 0.225 e. The smallest absolute Gasteiger partial charge is 0.225 e. The summed E-state index contributed by atoms with van der Waals surface area (Å²) in [6, 6.07) is 10.2. The van der Waals surface area contributed by atoms with Gasteiger partial charge in [0.15, 0.2) is 0 Å². The van der Waals surface area contributed by atoms with Gasteiger partial charge < -0.3 is 10.0 Å². The van der Waals surface area contributed by atoms with Crippen LogP contribution >= 0.6 is 0 Å². The van der Waals surface area contributed by atoms with Crippen LogP contribution < -0.4 is 4.90 Å². The van der Waals surface area contributed by atoms with Gasteiger partial charge in [-0.1, -0.05) is 30.3 Å². The number of piperazine rings is 1. The Hall–Kier alpha value is -1.98. The first kappa shape index (κ1) is 14.0. The number of aliphatic hydroxyl groups excluding tert-OH is 1. The van der Waals surface area contributed by atoms with Gasteiger partial charge >= 0.3 is 0 Å². The minimum Gasteiger partial charge on any atom is -0.395 e. The van der Waals surface area contributed by atoms with Gasteiger partial charge in [-0.05, 0) is 5.56 Å². The SMILES string of the molecule is OCCN1CCN(c2ncc(-c3ccccc3)cn2)CC1. The summed E-state index contributed by atoms with van der Waals surface area (Å²) < 4.78 is 0. The van der Waals surface area contributed by atoms with E-state index in [-0.39, 0.29) is 6.61 Å². The van der Waals surface area contributed by atoms with Crippen molar-refractivity contribution in [1.29, 1.82) is 0 Å². The molecule has 0 atom stereocenters. The Morgan fingerprint density at radius 2 is 1.57 bits per heavy atom. The van der Waals surface area contributed by atoms with Crippen LogP contribution in [0.4, 0.5) is 5.95 Å². The number of aromatic nitrogens is 2. The van der Waals surface area contributed by atoms with Crippen LogP contribution in [0.15, 0.2) is 42.7 Å². The molecular formula is C16H20N4O. The molecule has 0 aliphatic carbocycles. The van der Waals surface area contributed by atoms with Gasteiger partial charge in [-0.15, -0.1) is 0 Å². The molecule has 1 aliphatic rings. The summed E-state index contributed by atoms with van der Waals surface area (Å²) in [5.74, 6) is 0.790.